The molecule has 0 amide bonds. The van der Waals surface area contributed by atoms with Gasteiger partial charge in [-0.1, -0.05) is 13.3 Å². The second-order valence-corrected chi connectivity index (χ2v) is 6.87. The molecule has 2 aromatic rings. The Morgan fingerprint density at radius 3 is 2.81 bits per heavy atom. The SMILES string of the molecule is CCCc1nn(C)c2c1nc(C(C)Cl)n2C1(C)CCOC1. The molecule has 0 saturated carbocycles. The highest BCUT2D eigenvalue weighted by Crippen LogP contribution is 2.36. The maximum atomic E-state index is 6.41. The lowest BCUT2D eigenvalue weighted by Crippen LogP contribution is -2.33. The average Bonchev–Trinajstić information content (AvgIpc) is 3.08. The molecule has 0 radical (unpaired) electrons. The Labute approximate surface area is 130 Å². The van der Waals surface area contributed by atoms with Crippen molar-refractivity contribution in [1.82, 2.24) is 19.3 Å². The molecule has 1 fully saturated rings. The minimum absolute atomic E-state index is 0.0927. The first kappa shape index (κ1) is 14.9. The Balaban J connectivity index is 2.27. The van der Waals surface area contributed by atoms with Crippen LogP contribution in [-0.4, -0.2) is 32.5 Å². The van der Waals surface area contributed by atoms with E-state index in [1.807, 2.05) is 18.7 Å². The molecule has 0 aromatic carbocycles. The fourth-order valence-electron chi connectivity index (χ4n) is 3.23. The zero-order chi connectivity index (χ0) is 15.2. The van der Waals surface area contributed by atoms with Crippen LogP contribution in [0.1, 0.15) is 50.5 Å². The molecule has 2 atom stereocenters. The molecule has 6 heteroatoms. The Kier molecular flexibility index (Phi) is 3.74. The number of aromatic nitrogens is 4. The number of fused-ring (bicyclic) bond motifs is 1. The standard InChI is InChI=1S/C15H23ClN4O/c1-5-6-11-12-14(19(4)18-11)20(13(17-12)10(2)16)15(3)7-8-21-9-15/h10H,5-9H2,1-4H3. The van der Waals surface area contributed by atoms with Crippen molar-refractivity contribution < 1.29 is 4.74 Å². The van der Waals surface area contributed by atoms with Crippen LogP contribution in [0.5, 0.6) is 0 Å². The number of rotatable bonds is 4. The summed E-state index contributed by atoms with van der Waals surface area (Å²) in [5.74, 6) is 0.921. The predicted octanol–water partition coefficient (Wildman–Crippen LogP) is 3.16. The van der Waals surface area contributed by atoms with E-state index in [0.29, 0.717) is 6.61 Å². The minimum atomic E-state index is -0.135. The first-order valence-corrected chi connectivity index (χ1v) is 8.08. The predicted molar refractivity (Wildman–Crippen MR) is 83.8 cm³/mol. The number of imidazole rings is 1. The van der Waals surface area contributed by atoms with Crippen LogP contribution >= 0.6 is 11.6 Å². The second-order valence-electron chi connectivity index (χ2n) is 6.21. The van der Waals surface area contributed by atoms with E-state index in [1.165, 1.54) is 0 Å². The Morgan fingerprint density at radius 1 is 1.48 bits per heavy atom. The smallest absolute Gasteiger partial charge is 0.159 e. The number of halogens is 1. The van der Waals surface area contributed by atoms with Gasteiger partial charge in [0, 0.05) is 13.7 Å². The van der Waals surface area contributed by atoms with Gasteiger partial charge < -0.3 is 9.30 Å². The number of hydrogen-bond acceptors (Lipinski definition) is 3. The molecular formula is C15H23ClN4O. The van der Waals surface area contributed by atoms with Crippen LogP contribution in [0, 0.1) is 0 Å². The summed E-state index contributed by atoms with van der Waals surface area (Å²) in [7, 11) is 1.99. The molecule has 0 N–H and O–H groups in total. The van der Waals surface area contributed by atoms with Gasteiger partial charge in [-0.05, 0) is 26.7 Å². The monoisotopic (exact) mass is 310 g/mol. The molecule has 0 spiro atoms. The molecule has 1 aliphatic heterocycles. The highest BCUT2D eigenvalue weighted by Gasteiger charge is 2.37. The van der Waals surface area contributed by atoms with Crippen LogP contribution in [0.4, 0.5) is 0 Å². The van der Waals surface area contributed by atoms with E-state index < -0.39 is 0 Å². The quantitative estimate of drug-likeness (QED) is 0.815. The van der Waals surface area contributed by atoms with E-state index in [9.17, 15) is 0 Å². The van der Waals surface area contributed by atoms with Gasteiger partial charge in [-0.3, -0.25) is 4.68 Å². The first-order valence-electron chi connectivity index (χ1n) is 7.64. The number of ether oxygens (including phenoxy) is 1. The summed E-state index contributed by atoms with van der Waals surface area (Å²) in [4.78, 5) is 4.83. The molecule has 2 aromatic heterocycles. The largest absolute Gasteiger partial charge is 0.379 e. The zero-order valence-electron chi connectivity index (χ0n) is 13.2. The van der Waals surface area contributed by atoms with Crippen LogP contribution in [0.3, 0.4) is 0 Å². The summed E-state index contributed by atoms with van der Waals surface area (Å²) in [5.41, 5.74) is 3.03. The highest BCUT2D eigenvalue weighted by molar-refractivity contribution is 6.20. The van der Waals surface area contributed by atoms with Gasteiger partial charge in [0.1, 0.15) is 11.3 Å². The third-order valence-electron chi connectivity index (χ3n) is 4.31. The molecule has 5 nitrogen and oxygen atoms in total. The van der Waals surface area contributed by atoms with Crippen LogP contribution in [0.2, 0.25) is 0 Å². The summed E-state index contributed by atoms with van der Waals surface area (Å²) in [6.45, 7) is 7.84. The number of nitrogens with zero attached hydrogens (tertiary/aromatic N) is 4. The van der Waals surface area contributed by atoms with Crippen molar-refractivity contribution in [2.75, 3.05) is 13.2 Å². The summed E-state index contributed by atoms with van der Waals surface area (Å²) >= 11 is 6.41. The van der Waals surface area contributed by atoms with Crippen LogP contribution < -0.4 is 0 Å². The fraction of sp³-hybridized carbons (Fsp3) is 0.733. The third kappa shape index (κ3) is 2.27. The molecule has 2 unspecified atom stereocenters. The van der Waals surface area contributed by atoms with Crippen molar-refractivity contribution in [3.8, 4) is 0 Å². The third-order valence-corrected chi connectivity index (χ3v) is 4.51. The van der Waals surface area contributed by atoms with Gasteiger partial charge in [-0.25, -0.2) is 4.98 Å². The molecule has 0 aliphatic carbocycles. The van der Waals surface area contributed by atoms with Crippen molar-refractivity contribution >= 4 is 22.8 Å². The number of alkyl halides is 1. The Morgan fingerprint density at radius 2 is 2.24 bits per heavy atom. The molecule has 1 aliphatic rings. The molecule has 116 valence electrons. The normalized spacial score (nSPS) is 24.0. The summed E-state index contributed by atoms with van der Waals surface area (Å²) in [6, 6.07) is 0. The van der Waals surface area contributed by atoms with E-state index in [4.69, 9.17) is 21.3 Å². The van der Waals surface area contributed by atoms with Crippen LogP contribution in [0.15, 0.2) is 0 Å². The summed E-state index contributed by atoms with van der Waals surface area (Å²) in [5, 5.41) is 4.52. The lowest BCUT2D eigenvalue weighted by atomic mass is 10.0. The fourth-order valence-corrected chi connectivity index (χ4v) is 3.38. The highest BCUT2D eigenvalue weighted by atomic mass is 35.5. The van der Waals surface area contributed by atoms with E-state index in [-0.39, 0.29) is 10.9 Å². The molecule has 3 rings (SSSR count). The van der Waals surface area contributed by atoms with Crippen molar-refractivity contribution in [3.63, 3.8) is 0 Å². The van der Waals surface area contributed by atoms with Crippen molar-refractivity contribution in [2.24, 2.45) is 7.05 Å². The van der Waals surface area contributed by atoms with Crippen molar-refractivity contribution in [2.45, 2.75) is 50.9 Å². The molecular weight excluding hydrogens is 288 g/mol. The Hall–Kier alpha value is -1.07. The molecule has 0 bridgehead atoms. The van der Waals surface area contributed by atoms with Crippen LogP contribution in [0.25, 0.3) is 11.2 Å². The summed E-state index contributed by atoms with van der Waals surface area (Å²) in [6.07, 6.45) is 2.98. The minimum Gasteiger partial charge on any atom is -0.379 e. The molecule has 3 heterocycles. The Bertz CT molecular complexity index is 652. The van der Waals surface area contributed by atoms with Gasteiger partial charge in [-0.2, -0.15) is 5.10 Å². The number of aryl methyl sites for hydroxylation is 2. The number of hydrogen-bond donors (Lipinski definition) is 0. The van der Waals surface area contributed by atoms with Gasteiger partial charge >= 0.3 is 0 Å². The van der Waals surface area contributed by atoms with E-state index in [0.717, 1.165) is 48.6 Å². The van der Waals surface area contributed by atoms with E-state index in [2.05, 4.69) is 23.5 Å². The maximum absolute atomic E-state index is 6.41. The van der Waals surface area contributed by atoms with E-state index in [1.54, 1.807) is 0 Å². The molecule has 1 saturated heterocycles. The first-order chi connectivity index (χ1) is 9.98. The second kappa shape index (κ2) is 5.29. The van der Waals surface area contributed by atoms with Gasteiger partial charge in [0.05, 0.1) is 23.2 Å². The van der Waals surface area contributed by atoms with Gasteiger partial charge in [0.15, 0.2) is 5.65 Å². The zero-order valence-corrected chi connectivity index (χ0v) is 13.9. The lowest BCUT2D eigenvalue weighted by Gasteiger charge is -2.27. The van der Waals surface area contributed by atoms with E-state index >= 15 is 0 Å². The van der Waals surface area contributed by atoms with Gasteiger partial charge in [-0.15, -0.1) is 11.6 Å². The topological polar surface area (TPSA) is 44.9 Å². The summed E-state index contributed by atoms with van der Waals surface area (Å²) < 4.78 is 9.85. The van der Waals surface area contributed by atoms with Gasteiger partial charge in [0.25, 0.3) is 0 Å². The van der Waals surface area contributed by atoms with Gasteiger partial charge in [0.2, 0.25) is 0 Å². The average molecular weight is 311 g/mol. The van der Waals surface area contributed by atoms with Crippen molar-refractivity contribution in [3.05, 3.63) is 11.5 Å². The lowest BCUT2D eigenvalue weighted by molar-refractivity contribution is 0.161. The van der Waals surface area contributed by atoms with Crippen LogP contribution in [-0.2, 0) is 23.7 Å². The molecule has 21 heavy (non-hydrogen) atoms. The maximum Gasteiger partial charge on any atom is 0.159 e. The van der Waals surface area contributed by atoms with Crippen molar-refractivity contribution in [1.29, 1.82) is 0 Å².